The summed E-state index contributed by atoms with van der Waals surface area (Å²) >= 11 is 5.63. The van der Waals surface area contributed by atoms with Crippen molar-refractivity contribution in [2.24, 2.45) is 0 Å². The highest BCUT2D eigenvalue weighted by Gasteiger charge is 2.27. The van der Waals surface area contributed by atoms with E-state index in [1.165, 1.54) is 4.90 Å². The van der Waals surface area contributed by atoms with E-state index in [2.05, 4.69) is 10.3 Å². The van der Waals surface area contributed by atoms with E-state index in [-0.39, 0.29) is 12.6 Å². The second-order valence-electron chi connectivity index (χ2n) is 5.65. The molecule has 1 aliphatic rings. The first kappa shape index (κ1) is 17.4. The summed E-state index contributed by atoms with van der Waals surface area (Å²) < 4.78 is 5.19. The number of benzene rings is 1. The fraction of sp³-hybridized carbons (Fsp3) is 0.333. The zero-order valence-corrected chi connectivity index (χ0v) is 14.7. The number of carbonyl (C=O) groups excluding carboxylic acids is 2. The molecule has 1 aromatic heterocycles. The predicted octanol–water partition coefficient (Wildman–Crippen LogP) is 2.88. The van der Waals surface area contributed by atoms with E-state index < -0.39 is 5.97 Å². The molecule has 2 N–H and O–H groups in total. The molecule has 0 aliphatic carbocycles. The number of esters is 1. The predicted molar refractivity (Wildman–Crippen MR) is 97.4 cm³/mol. The molecule has 0 saturated heterocycles. The fourth-order valence-electron chi connectivity index (χ4n) is 2.99. The molecular weight excluding hydrogens is 342 g/mol. The van der Waals surface area contributed by atoms with Crippen molar-refractivity contribution in [3.05, 3.63) is 41.7 Å². The normalized spacial score (nSPS) is 13.8. The molecule has 2 heterocycles. The minimum Gasteiger partial charge on any atom is -0.462 e. The molecule has 132 valence electrons. The Balaban J connectivity index is 2.04. The lowest BCUT2D eigenvalue weighted by Gasteiger charge is -2.18. The van der Waals surface area contributed by atoms with Crippen LogP contribution in [0.25, 0.3) is 16.5 Å². The number of aromatic amines is 1. The monoisotopic (exact) mass is 361 g/mol. The number of nitrogens with zero attached hydrogens (tertiary/aromatic N) is 1. The number of rotatable bonds is 4. The third-order valence-corrected chi connectivity index (χ3v) is 4.29. The van der Waals surface area contributed by atoms with E-state index in [4.69, 9.17) is 16.3 Å². The Morgan fingerprint density at radius 1 is 1.36 bits per heavy atom. The molecule has 6 nitrogen and oxygen atoms in total. The van der Waals surface area contributed by atoms with Gasteiger partial charge in [-0.05, 0) is 25.0 Å². The summed E-state index contributed by atoms with van der Waals surface area (Å²) in [5, 5.41) is 3.78. The molecule has 2 aromatic rings. The summed E-state index contributed by atoms with van der Waals surface area (Å²) in [6.45, 7) is 2.86. The summed E-state index contributed by atoms with van der Waals surface area (Å²) in [6.07, 6.45) is 2.19. The highest BCUT2D eigenvalue weighted by Crippen LogP contribution is 2.31. The van der Waals surface area contributed by atoms with Crippen LogP contribution in [0.3, 0.4) is 0 Å². The van der Waals surface area contributed by atoms with Crippen molar-refractivity contribution >= 4 is 40.1 Å². The number of urea groups is 1. The van der Waals surface area contributed by atoms with Gasteiger partial charge in [0, 0.05) is 36.1 Å². The van der Waals surface area contributed by atoms with Gasteiger partial charge in [-0.25, -0.2) is 9.59 Å². The highest BCUT2D eigenvalue weighted by molar-refractivity contribution is 6.18. The molecule has 0 atom stereocenters. The Morgan fingerprint density at radius 3 is 2.92 bits per heavy atom. The summed E-state index contributed by atoms with van der Waals surface area (Å²) in [4.78, 5) is 29.6. The maximum absolute atomic E-state index is 12.5. The number of H-pyrrole nitrogens is 1. The third-order valence-electron chi connectivity index (χ3n) is 4.10. The number of halogens is 1. The van der Waals surface area contributed by atoms with Crippen LogP contribution >= 0.6 is 11.6 Å². The summed E-state index contributed by atoms with van der Waals surface area (Å²) in [7, 11) is 0. The van der Waals surface area contributed by atoms with Gasteiger partial charge in [0.25, 0.3) is 0 Å². The average molecular weight is 362 g/mol. The lowest BCUT2D eigenvalue weighted by molar-refractivity contribution is -0.136. The molecular formula is C18H20ClN3O3. The maximum Gasteiger partial charge on any atom is 0.341 e. The molecule has 0 unspecified atom stereocenters. The molecule has 25 heavy (non-hydrogen) atoms. The smallest absolute Gasteiger partial charge is 0.341 e. The summed E-state index contributed by atoms with van der Waals surface area (Å²) in [6, 6.07) is 7.60. The van der Waals surface area contributed by atoms with E-state index >= 15 is 0 Å². The van der Waals surface area contributed by atoms with Gasteiger partial charge in [-0.1, -0.05) is 18.2 Å². The Kier molecular flexibility index (Phi) is 5.28. The van der Waals surface area contributed by atoms with Gasteiger partial charge in [-0.15, -0.1) is 11.6 Å². The number of amides is 2. The van der Waals surface area contributed by atoms with Crippen LogP contribution < -0.4 is 5.32 Å². The van der Waals surface area contributed by atoms with Crippen LogP contribution in [-0.2, 0) is 16.0 Å². The van der Waals surface area contributed by atoms with E-state index in [1.54, 1.807) is 13.1 Å². The Labute approximate surface area is 150 Å². The fourth-order valence-corrected chi connectivity index (χ4v) is 3.08. The van der Waals surface area contributed by atoms with Crippen LogP contribution in [0, 0.1) is 0 Å². The molecule has 1 aromatic carbocycles. The Hall–Kier alpha value is -2.47. The molecule has 7 heteroatoms. The van der Waals surface area contributed by atoms with E-state index in [1.807, 2.05) is 24.3 Å². The molecule has 1 aliphatic heterocycles. The second-order valence-corrected chi connectivity index (χ2v) is 6.03. The molecule has 0 saturated carbocycles. The van der Waals surface area contributed by atoms with Gasteiger partial charge >= 0.3 is 12.0 Å². The van der Waals surface area contributed by atoms with Gasteiger partial charge < -0.3 is 15.0 Å². The van der Waals surface area contributed by atoms with Crippen LogP contribution in [0.2, 0.25) is 0 Å². The minimum atomic E-state index is -0.452. The van der Waals surface area contributed by atoms with Crippen molar-refractivity contribution in [3.8, 4) is 0 Å². The van der Waals surface area contributed by atoms with Gasteiger partial charge in [-0.3, -0.25) is 4.90 Å². The number of para-hydroxylation sites is 1. The lowest BCUT2D eigenvalue weighted by Crippen LogP contribution is -2.38. The topological polar surface area (TPSA) is 74.4 Å². The number of hydrogen-bond acceptors (Lipinski definition) is 3. The van der Waals surface area contributed by atoms with Crippen molar-refractivity contribution < 1.29 is 14.3 Å². The number of nitrogens with one attached hydrogen (secondary N) is 2. The maximum atomic E-state index is 12.5. The number of aromatic nitrogens is 1. The van der Waals surface area contributed by atoms with Gasteiger partial charge in [0.1, 0.15) is 0 Å². The van der Waals surface area contributed by atoms with Crippen molar-refractivity contribution in [1.82, 2.24) is 15.2 Å². The van der Waals surface area contributed by atoms with E-state index in [0.717, 1.165) is 16.5 Å². The number of carbonyl (C=O) groups is 2. The van der Waals surface area contributed by atoms with Crippen molar-refractivity contribution in [2.45, 2.75) is 13.3 Å². The number of alkyl halides is 1. The molecule has 0 spiro atoms. The van der Waals surface area contributed by atoms with Crippen molar-refractivity contribution in [1.29, 1.82) is 0 Å². The number of fused-ring (bicyclic) bond motifs is 3. The largest absolute Gasteiger partial charge is 0.462 e. The highest BCUT2D eigenvalue weighted by atomic mass is 35.5. The van der Waals surface area contributed by atoms with Gasteiger partial charge in [0.15, 0.2) is 0 Å². The second kappa shape index (κ2) is 7.61. The van der Waals surface area contributed by atoms with Gasteiger partial charge in [-0.2, -0.15) is 0 Å². The lowest BCUT2D eigenvalue weighted by atomic mass is 10.0. The quantitative estimate of drug-likeness (QED) is 0.649. The Bertz CT molecular complexity index is 828. The van der Waals surface area contributed by atoms with Crippen LogP contribution in [0.15, 0.2) is 30.5 Å². The molecule has 0 radical (unpaired) electrons. The SMILES string of the molecule is CCOC(=O)C1=CN(C(=O)NCCCl)CCc2c1[nH]c1ccccc21. The standard InChI is InChI=1S/C18H20ClN3O3/c1-2-25-17(23)14-11-22(18(24)20-9-8-19)10-7-13-12-5-3-4-6-15(12)21-16(13)14/h3-6,11,21H,2,7-10H2,1H3,(H,20,24). The first-order valence-electron chi connectivity index (χ1n) is 8.25. The van der Waals surface area contributed by atoms with Crippen LogP contribution in [0.5, 0.6) is 0 Å². The first-order valence-corrected chi connectivity index (χ1v) is 8.78. The summed E-state index contributed by atoms with van der Waals surface area (Å²) in [5.41, 5.74) is 3.05. The average Bonchev–Trinajstić information content (AvgIpc) is 2.87. The van der Waals surface area contributed by atoms with Gasteiger partial charge in [0.05, 0.1) is 17.9 Å². The van der Waals surface area contributed by atoms with Crippen LogP contribution in [0.4, 0.5) is 4.79 Å². The molecule has 3 rings (SSSR count). The van der Waals surface area contributed by atoms with Crippen molar-refractivity contribution in [2.75, 3.05) is 25.6 Å². The van der Waals surface area contributed by atoms with E-state index in [9.17, 15) is 9.59 Å². The minimum absolute atomic E-state index is 0.268. The first-order chi connectivity index (χ1) is 12.2. The van der Waals surface area contributed by atoms with Crippen LogP contribution in [-0.4, -0.2) is 47.5 Å². The Morgan fingerprint density at radius 2 is 2.16 bits per heavy atom. The zero-order chi connectivity index (χ0) is 17.8. The molecule has 0 bridgehead atoms. The van der Waals surface area contributed by atoms with E-state index in [0.29, 0.717) is 36.7 Å². The third kappa shape index (κ3) is 3.49. The van der Waals surface area contributed by atoms with Crippen LogP contribution in [0.1, 0.15) is 18.2 Å². The summed E-state index contributed by atoms with van der Waals surface area (Å²) in [5.74, 6) is -0.120. The number of ether oxygens (including phenoxy) is 1. The molecule has 2 amide bonds. The number of hydrogen-bond donors (Lipinski definition) is 2. The van der Waals surface area contributed by atoms with Crippen molar-refractivity contribution in [3.63, 3.8) is 0 Å². The van der Waals surface area contributed by atoms with Gasteiger partial charge in [0.2, 0.25) is 0 Å². The molecule has 0 fully saturated rings. The zero-order valence-electron chi connectivity index (χ0n) is 14.0.